The van der Waals surface area contributed by atoms with Gasteiger partial charge >= 0.3 is 0 Å². The fraction of sp³-hybridized carbons (Fsp3) is 0.167. The first-order valence-electron chi connectivity index (χ1n) is 9.57. The van der Waals surface area contributed by atoms with E-state index >= 15 is 0 Å². The summed E-state index contributed by atoms with van der Waals surface area (Å²) in [5.41, 5.74) is 7.61. The number of nitrogens with one attached hydrogen (secondary N) is 1. The maximum atomic E-state index is 12.5. The van der Waals surface area contributed by atoms with E-state index in [1.54, 1.807) is 48.5 Å². The molecule has 3 aromatic rings. The van der Waals surface area contributed by atoms with Crippen molar-refractivity contribution in [3.63, 3.8) is 0 Å². The van der Waals surface area contributed by atoms with E-state index in [-0.39, 0.29) is 11.3 Å². The first kappa shape index (κ1) is 18.7. The summed E-state index contributed by atoms with van der Waals surface area (Å²) >= 11 is 0. The minimum Gasteiger partial charge on any atom is -0.457 e. The Bertz CT molecular complexity index is 1010. The van der Waals surface area contributed by atoms with Crippen molar-refractivity contribution in [1.29, 1.82) is 0 Å². The van der Waals surface area contributed by atoms with Crippen molar-refractivity contribution in [3.05, 3.63) is 95.6 Å². The lowest BCUT2D eigenvalue weighted by atomic mass is 9.96. The molecule has 0 atom stereocenters. The van der Waals surface area contributed by atoms with Crippen LogP contribution >= 0.6 is 0 Å². The van der Waals surface area contributed by atoms with Gasteiger partial charge in [-0.3, -0.25) is 9.59 Å². The minimum absolute atomic E-state index is 0.0804. The molecule has 4 rings (SSSR count). The van der Waals surface area contributed by atoms with Crippen LogP contribution in [0.25, 0.3) is 0 Å². The lowest BCUT2D eigenvalue weighted by molar-refractivity contribution is 0.0948. The normalized spacial score (nSPS) is 14.1. The standard InChI is InChI=1S/C24H22N2O3/c25-22(27)17-6-10-20(11-7-17)29-21-12-8-18(9-13-21)23(28)26-16-24(14-15-24)19-4-2-1-3-5-19/h1-13H,14-16H2,(H2,25,27)(H,26,28). The first-order valence-corrected chi connectivity index (χ1v) is 9.57. The molecule has 2 amide bonds. The number of benzene rings is 3. The zero-order valence-electron chi connectivity index (χ0n) is 15.9. The third-order valence-corrected chi connectivity index (χ3v) is 5.32. The van der Waals surface area contributed by atoms with Crippen LogP contribution in [0.15, 0.2) is 78.9 Å². The number of hydrogen-bond donors (Lipinski definition) is 2. The highest BCUT2D eigenvalue weighted by atomic mass is 16.5. The maximum Gasteiger partial charge on any atom is 0.251 e. The van der Waals surface area contributed by atoms with Crippen LogP contribution in [0.5, 0.6) is 11.5 Å². The monoisotopic (exact) mass is 386 g/mol. The molecule has 0 heterocycles. The van der Waals surface area contributed by atoms with Crippen molar-refractivity contribution in [2.24, 2.45) is 5.73 Å². The van der Waals surface area contributed by atoms with E-state index in [9.17, 15) is 9.59 Å². The summed E-state index contributed by atoms with van der Waals surface area (Å²) in [6, 6.07) is 23.9. The van der Waals surface area contributed by atoms with Gasteiger partial charge in [0.05, 0.1) is 0 Å². The van der Waals surface area contributed by atoms with Crippen LogP contribution < -0.4 is 15.8 Å². The first-order chi connectivity index (χ1) is 14.1. The molecular formula is C24H22N2O3. The van der Waals surface area contributed by atoms with Gasteiger partial charge in [0, 0.05) is 23.1 Å². The topological polar surface area (TPSA) is 81.4 Å². The van der Waals surface area contributed by atoms with Gasteiger partial charge in [-0.2, -0.15) is 0 Å². The molecule has 1 fully saturated rings. The molecule has 5 nitrogen and oxygen atoms in total. The number of rotatable bonds is 7. The van der Waals surface area contributed by atoms with Crippen LogP contribution in [-0.4, -0.2) is 18.4 Å². The summed E-state index contributed by atoms with van der Waals surface area (Å²) in [6.45, 7) is 0.639. The van der Waals surface area contributed by atoms with E-state index in [0.29, 0.717) is 29.2 Å². The molecule has 1 aliphatic rings. The highest BCUT2D eigenvalue weighted by molar-refractivity contribution is 5.94. The van der Waals surface area contributed by atoms with Gasteiger partial charge < -0.3 is 15.8 Å². The Morgan fingerprint density at radius 2 is 1.38 bits per heavy atom. The van der Waals surface area contributed by atoms with E-state index in [1.807, 2.05) is 18.2 Å². The van der Waals surface area contributed by atoms with Crippen LogP contribution in [0, 0.1) is 0 Å². The maximum absolute atomic E-state index is 12.5. The molecule has 0 saturated heterocycles. The molecule has 0 bridgehead atoms. The average Bonchev–Trinajstić information content (AvgIpc) is 3.55. The van der Waals surface area contributed by atoms with Gasteiger partial charge in [0.2, 0.25) is 5.91 Å². The Morgan fingerprint density at radius 1 is 0.828 bits per heavy atom. The molecule has 0 aromatic heterocycles. The van der Waals surface area contributed by atoms with Crippen LogP contribution in [0.2, 0.25) is 0 Å². The molecule has 1 saturated carbocycles. The Labute approximate surface area is 169 Å². The van der Waals surface area contributed by atoms with Crippen LogP contribution in [0.3, 0.4) is 0 Å². The number of amides is 2. The fourth-order valence-corrected chi connectivity index (χ4v) is 3.36. The molecule has 146 valence electrons. The molecule has 1 aliphatic carbocycles. The SMILES string of the molecule is NC(=O)c1ccc(Oc2ccc(C(=O)NCC3(c4ccccc4)CC3)cc2)cc1. The van der Waals surface area contributed by atoms with Crippen molar-refractivity contribution in [2.45, 2.75) is 18.3 Å². The van der Waals surface area contributed by atoms with Gasteiger partial charge in [-0.25, -0.2) is 0 Å². The number of nitrogens with two attached hydrogens (primary N) is 1. The van der Waals surface area contributed by atoms with E-state index < -0.39 is 5.91 Å². The number of carbonyl (C=O) groups excluding carboxylic acids is 2. The van der Waals surface area contributed by atoms with Crippen LogP contribution in [0.1, 0.15) is 39.1 Å². The summed E-state index contributed by atoms with van der Waals surface area (Å²) in [6.07, 6.45) is 2.19. The largest absolute Gasteiger partial charge is 0.457 e. The van der Waals surface area contributed by atoms with Gasteiger partial charge in [-0.05, 0) is 66.9 Å². The predicted octanol–water partition coefficient (Wildman–Crippen LogP) is 4.04. The van der Waals surface area contributed by atoms with Crippen molar-refractivity contribution in [3.8, 4) is 11.5 Å². The fourth-order valence-electron chi connectivity index (χ4n) is 3.36. The third kappa shape index (κ3) is 4.29. The Morgan fingerprint density at radius 3 is 1.90 bits per heavy atom. The van der Waals surface area contributed by atoms with Crippen molar-refractivity contribution < 1.29 is 14.3 Å². The molecule has 3 aromatic carbocycles. The quantitative estimate of drug-likeness (QED) is 0.643. The lowest BCUT2D eigenvalue weighted by Crippen LogP contribution is -2.32. The van der Waals surface area contributed by atoms with Crippen LogP contribution in [0.4, 0.5) is 0 Å². The second kappa shape index (κ2) is 7.80. The molecule has 29 heavy (non-hydrogen) atoms. The van der Waals surface area contributed by atoms with Crippen LogP contribution in [-0.2, 0) is 5.41 Å². The Hall–Kier alpha value is -3.60. The number of carbonyl (C=O) groups is 2. The molecule has 3 N–H and O–H groups in total. The van der Waals surface area contributed by atoms with Gasteiger partial charge in [-0.1, -0.05) is 30.3 Å². The summed E-state index contributed by atoms with van der Waals surface area (Å²) < 4.78 is 5.75. The Kier molecular flexibility index (Phi) is 5.04. The van der Waals surface area contributed by atoms with Crippen molar-refractivity contribution in [1.82, 2.24) is 5.32 Å². The van der Waals surface area contributed by atoms with E-state index in [0.717, 1.165) is 12.8 Å². The van der Waals surface area contributed by atoms with Crippen molar-refractivity contribution in [2.75, 3.05) is 6.54 Å². The van der Waals surface area contributed by atoms with Gasteiger partial charge in [0.1, 0.15) is 11.5 Å². The Balaban J connectivity index is 1.35. The summed E-state index contributed by atoms with van der Waals surface area (Å²) in [5, 5.41) is 3.06. The molecule has 0 radical (unpaired) electrons. The summed E-state index contributed by atoms with van der Waals surface area (Å²) in [5.74, 6) is 0.624. The third-order valence-electron chi connectivity index (χ3n) is 5.32. The minimum atomic E-state index is -0.479. The zero-order valence-corrected chi connectivity index (χ0v) is 15.9. The average molecular weight is 386 g/mol. The van der Waals surface area contributed by atoms with Gasteiger partial charge in [0.25, 0.3) is 5.91 Å². The smallest absolute Gasteiger partial charge is 0.251 e. The van der Waals surface area contributed by atoms with Gasteiger partial charge in [-0.15, -0.1) is 0 Å². The predicted molar refractivity (Wildman–Crippen MR) is 111 cm³/mol. The molecular weight excluding hydrogens is 364 g/mol. The van der Waals surface area contributed by atoms with E-state index in [4.69, 9.17) is 10.5 Å². The zero-order chi connectivity index (χ0) is 20.3. The summed E-state index contributed by atoms with van der Waals surface area (Å²) in [7, 11) is 0. The highest BCUT2D eigenvalue weighted by Crippen LogP contribution is 2.47. The van der Waals surface area contributed by atoms with E-state index in [2.05, 4.69) is 17.4 Å². The van der Waals surface area contributed by atoms with Gasteiger partial charge in [0.15, 0.2) is 0 Å². The van der Waals surface area contributed by atoms with E-state index in [1.165, 1.54) is 5.56 Å². The second-order valence-electron chi connectivity index (χ2n) is 7.34. The highest BCUT2D eigenvalue weighted by Gasteiger charge is 2.44. The second-order valence-corrected chi connectivity index (χ2v) is 7.34. The lowest BCUT2D eigenvalue weighted by Gasteiger charge is -2.16. The number of primary amides is 1. The molecule has 0 aliphatic heterocycles. The van der Waals surface area contributed by atoms with Crippen molar-refractivity contribution >= 4 is 11.8 Å². The molecule has 0 spiro atoms. The molecule has 5 heteroatoms. The number of ether oxygens (including phenoxy) is 1. The molecule has 0 unspecified atom stereocenters. The number of hydrogen-bond acceptors (Lipinski definition) is 3. The summed E-state index contributed by atoms with van der Waals surface area (Å²) in [4.78, 5) is 23.6.